The number of hydrogen-bond donors (Lipinski definition) is 1. The van der Waals surface area contributed by atoms with E-state index in [0.29, 0.717) is 6.04 Å². The van der Waals surface area contributed by atoms with Crippen LogP contribution in [0.5, 0.6) is 0 Å². The number of amides is 1. The number of nitrogens with zero attached hydrogens (tertiary/aromatic N) is 2. The molecule has 2 unspecified atom stereocenters. The van der Waals surface area contributed by atoms with E-state index in [1.54, 1.807) is 6.20 Å². The fourth-order valence-corrected chi connectivity index (χ4v) is 4.57. The van der Waals surface area contributed by atoms with E-state index < -0.39 is 0 Å². The number of aromatic nitrogens is 2. The third-order valence-corrected chi connectivity index (χ3v) is 6.83. The Morgan fingerprint density at radius 1 is 1.45 bits per heavy atom. The topological polar surface area (TPSA) is 46.9 Å². The molecule has 1 amide bonds. The van der Waals surface area contributed by atoms with Crippen LogP contribution in [-0.2, 0) is 0 Å². The van der Waals surface area contributed by atoms with Crippen molar-refractivity contribution in [1.82, 2.24) is 14.9 Å². The highest BCUT2D eigenvalue weighted by molar-refractivity contribution is 9.13. The van der Waals surface area contributed by atoms with Crippen LogP contribution in [0.15, 0.2) is 33.0 Å². The van der Waals surface area contributed by atoms with Crippen LogP contribution in [0.3, 0.4) is 0 Å². The van der Waals surface area contributed by atoms with Crippen molar-refractivity contribution in [2.75, 3.05) is 0 Å². The molecule has 1 fully saturated rings. The largest absolute Gasteiger partial charge is 0.347 e. The van der Waals surface area contributed by atoms with E-state index >= 15 is 0 Å². The highest BCUT2D eigenvalue weighted by atomic mass is 79.9. The first-order valence-electron chi connectivity index (χ1n) is 6.38. The van der Waals surface area contributed by atoms with E-state index in [0.717, 1.165) is 32.4 Å². The van der Waals surface area contributed by atoms with Gasteiger partial charge in [0.05, 0.1) is 21.0 Å². The van der Waals surface area contributed by atoms with Gasteiger partial charge in [-0.1, -0.05) is 0 Å². The zero-order chi connectivity index (χ0) is 14.1. The third kappa shape index (κ3) is 2.84. The molecule has 0 spiro atoms. The summed E-state index contributed by atoms with van der Waals surface area (Å²) in [5.41, 5.74) is 0. The molecule has 1 N–H and O–H groups in total. The number of halogens is 2. The molecule has 1 aliphatic carbocycles. The van der Waals surface area contributed by atoms with Gasteiger partial charge in [0.2, 0.25) is 0 Å². The molecule has 106 valence electrons. The van der Waals surface area contributed by atoms with Crippen molar-refractivity contribution in [3.05, 3.63) is 37.9 Å². The molecule has 20 heavy (non-hydrogen) atoms. The van der Waals surface area contributed by atoms with E-state index in [1.165, 1.54) is 11.3 Å². The van der Waals surface area contributed by atoms with Crippen LogP contribution in [0, 0.1) is 0 Å². The van der Waals surface area contributed by atoms with E-state index in [4.69, 9.17) is 0 Å². The lowest BCUT2D eigenvalue weighted by Crippen LogP contribution is -2.37. The molecule has 1 aliphatic rings. The van der Waals surface area contributed by atoms with Crippen molar-refractivity contribution < 1.29 is 4.79 Å². The van der Waals surface area contributed by atoms with Gasteiger partial charge in [-0.2, -0.15) is 0 Å². The minimum atomic E-state index is -0.00147. The first kappa shape index (κ1) is 14.3. The SMILES string of the molecule is O=C(NC1CCCC1n1ccnc1)c1cc(Br)c(Br)s1. The van der Waals surface area contributed by atoms with Gasteiger partial charge in [-0.25, -0.2) is 4.98 Å². The van der Waals surface area contributed by atoms with E-state index in [9.17, 15) is 4.79 Å². The van der Waals surface area contributed by atoms with Crippen molar-refractivity contribution in [3.8, 4) is 0 Å². The Hall–Kier alpha value is -0.660. The number of rotatable bonds is 3. The van der Waals surface area contributed by atoms with E-state index in [1.807, 2.05) is 18.6 Å². The van der Waals surface area contributed by atoms with Gasteiger partial charge < -0.3 is 9.88 Å². The molecular formula is C13H13Br2N3OS. The zero-order valence-electron chi connectivity index (χ0n) is 10.6. The number of thiophene rings is 1. The van der Waals surface area contributed by atoms with Gasteiger partial charge in [0.1, 0.15) is 0 Å². The minimum Gasteiger partial charge on any atom is -0.347 e. The van der Waals surface area contributed by atoms with E-state index in [2.05, 4.69) is 46.7 Å². The van der Waals surface area contributed by atoms with Gasteiger partial charge in [-0.15, -0.1) is 11.3 Å². The van der Waals surface area contributed by atoms with Crippen LogP contribution < -0.4 is 5.32 Å². The molecule has 0 radical (unpaired) electrons. The molecule has 0 aromatic carbocycles. The van der Waals surface area contributed by atoms with Gasteiger partial charge in [0.15, 0.2) is 0 Å². The Morgan fingerprint density at radius 3 is 2.95 bits per heavy atom. The summed E-state index contributed by atoms with van der Waals surface area (Å²) in [6, 6.07) is 2.34. The molecular weight excluding hydrogens is 406 g/mol. The Labute approximate surface area is 137 Å². The van der Waals surface area contributed by atoms with Crippen molar-refractivity contribution in [2.45, 2.75) is 31.3 Å². The van der Waals surface area contributed by atoms with Crippen LogP contribution in [0.25, 0.3) is 0 Å². The van der Waals surface area contributed by atoms with Gasteiger partial charge in [0, 0.05) is 22.9 Å². The second-order valence-electron chi connectivity index (χ2n) is 4.82. The molecule has 2 atom stereocenters. The number of imidazole rings is 1. The smallest absolute Gasteiger partial charge is 0.261 e. The molecule has 2 aromatic heterocycles. The summed E-state index contributed by atoms with van der Waals surface area (Å²) in [5, 5.41) is 3.16. The summed E-state index contributed by atoms with van der Waals surface area (Å²) in [5.74, 6) is -0.00147. The molecule has 2 aromatic rings. The van der Waals surface area contributed by atoms with Crippen molar-refractivity contribution in [3.63, 3.8) is 0 Å². The highest BCUT2D eigenvalue weighted by Gasteiger charge is 2.30. The van der Waals surface area contributed by atoms with Crippen molar-refractivity contribution in [2.24, 2.45) is 0 Å². The average Bonchev–Trinajstić information content (AvgIpc) is 3.11. The molecule has 1 saturated carbocycles. The fourth-order valence-electron chi connectivity index (χ4n) is 2.63. The lowest BCUT2D eigenvalue weighted by atomic mass is 10.1. The Kier molecular flexibility index (Phi) is 4.28. The Balaban J connectivity index is 1.72. The average molecular weight is 419 g/mol. The molecule has 2 heterocycles. The summed E-state index contributed by atoms with van der Waals surface area (Å²) in [6.45, 7) is 0. The highest BCUT2D eigenvalue weighted by Crippen LogP contribution is 2.34. The zero-order valence-corrected chi connectivity index (χ0v) is 14.5. The van der Waals surface area contributed by atoms with Crippen LogP contribution in [0.2, 0.25) is 0 Å². The molecule has 3 rings (SSSR count). The van der Waals surface area contributed by atoms with Crippen LogP contribution in [0.1, 0.15) is 35.0 Å². The number of nitrogens with one attached hydrogen (secondary N) is 1. The monoisotopic (exact) mass is 417 g/mol. The van der Waals surface area contributed by atoms with Gasteiger partial charge >= 0.3 is 0 Å². The van der Waals surface area contributed by atoms with Gasteiger partial charge in [-0.3, -0.25) is 4.79 Å². The second kappa shape index (κ2) is 5.99. The maximum absolute atomic E-state index is 12.3. The second-order valence-corrected chi connectivity index (χ2v) is 8.04. The van der Waals surface area contributed by atoms with E-state index in [-0.39, 0.29) is 11.9 Å². The number of carbonyl (C=O) groups is 1. The first-order chi connectivity index (χ1) is 9.65. The van der Waals surface area contributed by atoms with Gasteiger partial charge in [0.25, 0.3) is 5.91 Å². The Morgan fingerprint density at radius 2 is 2.30 bits per heavy atom. The van der Waals surface area contributed by atoms with Crippen LogP contribution in [0.4, 0.5) is 0 Å². The molecule has 0 aliphatic heterocycles. The molecule has 7 heteroatoms. The quantitative estimate of drug-likeness (QED) is 0.818. The lowest BCUT2D eigenvalue weighted by Gasteiger charge is -2.21. The maximum Gasteiger partial charge on any atom is 0.261 e. The summed E-state index contributed by atoms with van der Waals surface area (Å²) >= 11 is 8.27. The predicted octanol–water partition coefficient (Wildman–Crippen LogP) is 3.99. The fraction of sp³-hybridized carbons (Fsp3) is 0.385. The summed E-state index contributed by atoms with van der Waals surface area (Å²) in [7, 11) is 0. The molecule has 4 nitrogen and oxygen atoms in total. The first-order valence-corrected chi connectivity index (χ1v) is 8.78. The molecule has 0 saturated heterocycles. The van der Waals surface area contributed by atoms with Crippen LogP contribution >= 0.6 is 43.2 Å². The maximum atomic E-state index is 12.3. The Bertz CT molecular complexity index is 592. The van der Waals surface area contributed by atoms with Crippen molar-refractivity contribution in [1.29, 1.82) is 0 Å². The summed E-state index contributed by atoms with van der Waals surface area (Å²) < 4.78 is 3.96. The summed E-state index contributed by atoms with van der Waals surface area (Å²) in [4.78, 5) is 17.1. The number of hydrogen-bond acceptors (Lipinski definition) is 3. The standard InChI is InChI=1S/C13H13Br2N3OS/c14-8-6-11(20-12(8)15)13(19)17-9-2-1-3-10(9)18-5-4-16-7-18/h4-7,9-10H,1-3H2,(H,17,19). The number of carbonyl (C=O) groups excluding carboxylic acids is 1. The molecule has 0 bridgehead atoms. The third-order valence-electron chi connectivity index (χ3n) is 3.57. The van der Waals surface area contributed by atoms with Crippen LogP contribution in [-0.4, -0.2) is 21.5 Å². The van der Waals surface area contributed by atoms with Gasteiger partial charge in [-0.05, 0) is 57.2 Å². The predicted molar refractivity (Wildman–Crippen MR) is 86.1 cm³/mol. The normalized spacial score (nSPS) is 22.1. The minimum absolute atomic E-state index is 0.00147. The van der Waals surface area contributed by atoms with Crippen molar-refractivity contribution >= 4 is 49.1 Å². The summed E-state index contributed by atoms with van der Waals surface area (Å²) in [6.07, 6.45) is 8.80. The lowest BCUT2D eigenvalue weighted by molar-refractivity contribution is 0.0933.